The van der Waals surface area contributed by atoms with Crippen molar-refractivity contribution < 1.29 is 18.4 Å². The molecule has 3 aromatic rings. The first kappa shape index (κ1) is 21.0. The molecule has 0 aliphatic carbocycles. The number of halogens is 3. The molecule has 4 rings (SSSR count). The van der Waals surface area contributed by atoms with Crippen molar-refractivity contribution in [2.75, 3.05) is 6.54 Å². The third kappa shape index (κ3) is 5.27. The van der Waals surface area contributed by atoms with Gasteiger partial charge in [0.05, 0.1) is 12.3 Å². The lowest BCUT2D eigenvalue weighted by molar-refractivity contribution is 0.0405. The maximum absolute atomic E-state index is 13.7. The molecule has 0 spiro atoms. The van der Waals surface area contributed by atoms with Gasteiger partial charge in [0.15, 0.2) is 6.10 Å². The average molecular weight is 441 g/mol. The molecule has 0 unspecified atom stereocenters. The Balaban J connectivity index is 1.51. The van der Waals surface area contributed by atoms with Crippen LogP contribution in [0.15, 0.2) is 78.0 Å². The van der Waals surface area contributed by atoms with Crippen LogP contribution < -0.4 is 0 Å². The predicted molar refractivity (Wildman–Crippen MR) is 115 cm³/mol. The molecule has 0 aromatic heterocycles. The van der Waals surface area contributed by atoms with Gasteiger partial charge in [0.1, 0.15) is 11.6 Å². The summed E-state index contributed by atoms with van der Waals surface area (Å²) in [6.07, 6.45) is 0.154. The first-order chi connectivity index (χ1) is 15.0. The summed E-state index contributed by atoms with van der Waals surface area (Å²) in [5.41, 5.74) is 2.65. The molecule has 1 atom stereocenters. The number of carbonyl (C=O) groups is 1. The van der Waals surface area contributed by atoms with E-state index in [0.29, 0.717) is 11.4 Å². The molecular weight excluding hydrogens is 422 g/mol. The monoisotopic (exact) mass is 440 g/mol. The summed E-state index contributed by atoms with van der Waals surface area (Å²) in [5, 5.41) is 4.79. The van der Waals surface area contributed by atoms with E-state index >= 15 is 0 Å². The topological polar surface area (TPSA) is 41.9 Å². The van der Waals surface area contributed by atoms with Crippen LogP contribution in [0.2, 0.25) is 5.02 Å². The van der Waals surface area contributed by atoms with Crippen molar-refractivity contribution in [1.29, 1.82) is 0 Å². The van der Waals surface area contributed by atoms with Crippen LogP contribution in [-0.4, -0.2) is 29.2 Å². The fourth-order valence-electron chi connectivity index (χ4n) is 3.42. The molecule has 158 valence electrons. The summed E-state index contributed by atoms with van der Waals surface area (Å²) in [7, 11) is 0. The van der Waals surface area contributed by atoms with Crippen LogP contribution >= 0.6 is 11.6 Å². The molecule has 1 heterocycles. The highest BCUT2D eigenvalue weighted by Gasteiger charge is 2.27. The lowest BCUT2D eigenvalue weighted by Crippen LogP contribution is -2.37. The number of benzene rings is 3. The van der Waals surface area contributed by atoms with Crippen LogP contribution in [-0.2, 0) is 11.4 Å². The van der Waals surface area contributed by atoms with E-state index in [1.54, 1.807) is 35.2 Å². The Labute approximate surface area is 183 Å². The summed E-state index contributed by atoms with van der Waals surface area (Å²) in [4.78, 5) is 20.3. The van der Waals surface area contributed by atoms with Crippen molar-refractivity contribution in [2.24, 2.45) is 5.16 Å². The zero-order valence-corrected chi connectivity index (χ0v) is 17.2. The fourth-order valence-corrected chi connectivity index (χ4v) is 3.54. The minimum absolute atomic E-state index is 0.228. The van der Waals surface area contributed by atoms with E-state index in [9.17, 15) is 13.6 Å². The van der Waals surface area contributed by atoms with Gasteiger partial charge in [-0.1, -0.05) is 47.1 Å². The van der Waals surface area contributed by atoms with Crippen molar-refractivity contribution >= 4 is 23.2 Å². The lowest BCUT2D eigenvalue weighted by Gasteiger charge is -2.25. The van der Waals surface area contributed by atoms with Crippen LogP contribution in [0.5, 0.6) is 0 Å². The number of nitrogens with zero attached hydrogens (tertiary/aromatic N) is 2. The highest BCUT2D eigenvalue weighted by molar-refractivity contribution is 6.30. The van der Waals surface area contributed by atoms with Gasteiger partial charge in [0, 0.05) is 23.6 Å². The second kappa shape index (κ2) is 9.27. The van der Waals surface area contributed by atoms with Gasteiger partial charge in [0.25, 0.3) is 5.91 Å². The molecule has 7 heteroatoms. The summed E-state index contributed by atoms with van der Waals surface area (Å²) in [6.45, 7) is 0.471. The van der Waals surface area contributed by atoms with Gasteiger partial charge in [-0.25, -0.2) is 8.78 Å². The molecule has 0 saturated carbocycles. The summed E-state index contributed by atoms with van der Waals surface area (Å²) in [6, 6.07) is 18.7. The fraction of sp³-hybridized carbons (Fsp3) is 0.167. The molecule has 1 amide bonds. The van der Waals surface area contributed by atoms with Gasteiger partial charge in [0.2, 0.25) is 0 Å². The van der Waals surface area contributed by atoms with Gasteiger partial charge in [-0.2, -0.15) is 0 Å². The van der Waals surface area contributed by atoms with Gasteiger partial charge in [-0.05, 0) is 53.6 Å². The van der Waals surface area contributed by atoms with E-state index in [1.807, 2.05) is 12.1 Å². The van der Waals surface area contributed by atoms with Crippen LogP contribution in [0.3, 0.4) is 0 Å². The largest absolute Gasteiger partial charge is 0.390 e. The average Bonchev–Trinajstić information content (AvgIpc) is 3.23. The van der Waals surface area contributed by atoms with Gasteiger partial charge >= 0.3 is 0 Å². The zero-order valence-electron chi connectivity index (χ0n) is 16.5. The molecule has 1 aliphatic heterocycles. The SMILES string of the molecule is O=C(c1cccc(F)c1)N(Cc1ccc(F)cc1)C[C@H]1CC(c2ccc(Cl)cc2)=NO1. The third-order valence-corrected chi connectivity index (χ3v) is 5.23. The van der Waals surface area contributed by atoms with Crippen molar-refractivity contribution in [2.45, 2.75) is 19.1 Å². The Kier molecular flexibility index (Phi) is 6.28. The van der Waals surface area contributed by atoms with E-state index in [2.05, 4.69) is 5.16 Å². The Hall–Kier alpha value is -3.25. The van der Waals surface area contributed by atoms with Crippen LogP contribution in [0, 0.1) is 11.6 Å². The minimum Gasteiger partial charge on any atom is -0.390 e. The first-order valence-corrected chi connectivity index (χ1v) is 10.1. The van der Waals surface area contributed by atoms with Crippen molar-refractivity contribution in [3.63, 3.8) is 0 Å². The second-order valence-electron chi connectivity index (χ2n) is 7.30. The van der Waals surface area contributed by atoms with Gasteiger partial charge < -0.3 is 9.74 Å². The molecule has 4 nitrogen and oxygen atoms in total. The maximum Gasteiger partial charge on any atom is 0.254 e. The van der Waals surface area contributed by atoms with E-state index < -0.39 is 5.82 Å². The normalized spacial score (nSPS) is 15.3. The standard InChI is InChI=1S/C24H19ClF2N2O2/c25-19-8-6-17(7-9-19)23-13-22(31-28-23)15-29(14-16-4-10-20(26)11-5-16)24(30)18-2-1-3-21(27)12-18/h1-12,22H,13-15H2/t22-/m1/s1. The number of hydrogen-bond donors (Lipinski definition) is 0. The first-order valence-electron chi connectivity index (χ1n) is 9.76. The molecule has 0 saturated heterocycles. The highest BCUT2D eigenvalue weighted by Crippen LogP contribution is 2.21. The number of hydrogen-bond acceptors (Lipinski definition) is 3. The smallest absolute Gasteiger partial charge is 0.254 e. The molecular formula is C24H19ClF2N2O2. The van der Waals surface area contributed by atoms with Gasteiger partial charge in [-0.15, -0.1) is 0 Å². The van der Waals surface area contributed by atoms with E-state index in [0.717, 1.165) is 16.8 Å². The molecule has 31 heavy (non-hydrogen) atoms. The molecule has 1 aliphatic rings. The van der Waals surface area contributed by atoms with E-state index in [1.165, 1.54) is 30.3 Å². The quantitative estimate of drug-likeness (QED) is 0.511. The number of carbonyl (C=O) groups excluding carboxylic acids is 1. The second-order valence-corrected chi connectivity index (χ2v) is 7.74. The Bertz CT molecular complexity index is 1100. The molecule has 0 radical (unpaired) electrons. The lowest BCUT2D eigenvalue weighted by atomic mass is 10.0. The number of amides is 1. The van der Waals surface area contributed by atoms with Crippen molar-refractivity contribution in [3.05, 3.63) is 106 Å². The number of rotatable bonds is 6. The van der Waals surface area contributed by atoms with Crippen molar-refractivity contribution in [3.8, 4) is 0 Å². The zero-order chi connectivity index (χ0) is 21.8. The maximum atomic E-state index is 13.7. The predicted octanol–water partition coefficient (Wildman–Crippen LogP) is 5.45. The molecule has 0 bridgehead atoms. The molecule has 3 aromatic carbocycles. The van der Waals surface area contributed by atoms with Crippen LogP contribution in [0.25, 0.3) is 0 Å². The number of oxime groups is 1. The van der Waals surface area contributed by atoms with Crippen LogP contribution in [0.4, 0.5) is 8.78 Å². The Morgan fingerprint density at radius 3 is 2.48 bits per heavy atom. The van der Waals surface area contributed by atoms with Gasteiger partial charge in [-0.3, -0.25) is 4.79 Å². The Morgan fingerprint density at radius 2 is 1.77 bits per heavy atom. The Morgan fingerprint density at radius 1 is 1.03 bits per heavy atom. The third-order valence-electron chi connectivity index (χ3n) is 4.98. The molecule has 0 N–H and O–H groups in total. The summed E-state index contributed by atoms with van der Waals surface area (Å²) < 4.78 is 27.0. The van der Waals surface area contributed by atoms with E-state index in [-0.39, 0.29) is 36.5 Å². The highest BCUT2D eigenvalue weighted by atomic mass is 35.5. The van der Waals surface area contributed by atoms with E-state index in [4.69, 9.17) is 16.4 Å². The molecule has 0 fully saturated rings. The summed E-state index contributed by atoms with van der Waals surface area (Å²) >= 11 is 5.94. The summed E-state index contributed by atoms with van der Waals surface area (Å²) in [5.74, 6) is -1.18. The van der Waals surface area contributed by atoms with Crippen LogP contribution in [0.1, 0.15) is 27.9 Å². The van der Waals surface area contributed by atoms with Crippen molar-refractivity contribution in [1.82, 2.24) is 4.90 Å². The minimum atomic E-state index is -0.488.